The van der Waals surface area contributed by atoms with Gasteiger partial charge in [0, 0.05) is 5.39 Å². The van der Waals surface area contributed by atoms with E-state index in [9.17, 15) is 22.4 Å². The molecular formula is C21H16F4N4OS. The van der Waals surface area contributed by atoms with Gasteiger partial charge in [-0.05, 0) is 42.8 Å². The van der Waals surface area contributed by atoms with Crippen LogP contribution in [-0.2, 0) is 12.7 Å². The van der Waals surface area contributed by atoms with Crippen LogP contribution in [0.25, 0.3) is 10.2 Å². The maximum Gasteiger partial charge on any atom is 0.418 e. The van der Waals surface area contributed by atoms with Crippen molar-refractivity contribution in [2.24, 2.45) is 0 Å². The van der Waals surface area contributed by atoms with Crippen LogP contribution in [0.5, 0.6) is 0 Å². The number of amides is 1. The number of nitrogens with one attached hydrogen (secondary N) is 2. The molecule has 1 amide bonds. The number of carbonyl (C=O) groups excluding carboxylic acids is 1. The Kier molecular flexibility index (Phi) is 5.40. The van der Waals surface area contributed by atoms with E-state index < -0.39 is 17.6 Å². The molecule has 4 aromatic rings. The maximum absolute atomic E-state index is 13.1. The number of hydrogen-bond donors (Lipinski definition) is 2. The Hall–Kier alpha value is -3.40. The summed E-state index contributed by atoms with van der Waals surface area (Å²) in [4.78, 5) is 13.6. The number of nitrogens with zero attached hydrogens (tertiary/aromatic N) is 2. The molecule has 0 saturated carbocycles. The first-order valence-electron chi connectivity index (χ1n) is 9.16. The van der Waals surface area contributed by atoms with Gasteiger partial charge in [-0.25, -0.2) is 4.39 Å². The minimum Gasteiger partial charge on any atom is -0.298 e. The zero-order chi connectivity index (χ0) is 22.2. The number of thiophene rings is 1. The van der Waals surface area contributed by atoms with Gasteiger partial charge in [-0.1, -0.05) is 24.3 Å². The van der Waals surface area contributed by atoms with Gasteiger partial charge >= 0.3 is 6.18 Å². The van der Waals surface area contributed by atoms with Crippen molar-refractivity contribution >= 4 is 33.1 Å². The summed E-state index contributed by atoms with van der Waals surface area (Å²) in [6, 6.07) is 12.6. The lowest BCUT2D eigenvalue weighted by molar-refractivity contribution is -0.137. The third kappa shape index (κ3) is 4.38. The fourth-order valence-electron chi connectivity index (χ4n) is 3.12. The molecule has 160 valence electrons. The van der Waals surface area contributed by atoms with Crippen LogP contribution in [0.3, 0.4) is 0 Å². The Labute approximate surface area is 178 Å². The Morgan fingerprint density at radius 2 is 1.84 bits per heavy atom. The summed E-state index contributed by atoms with van der Waals surface area (Å²) in [5.41, 5.74) is 5.11. The van der Waals surface area contributed by atoms with Crippen LogP contribution in [0.4, 0.5) is 23.2 Å². The molecule has 31 heavy (non-hydrogen) atoms. The first kappa shape index (κ1) is 20.9. The summed E-state index contributed by atoms with van der Waals surface area (Å²) in [6.07, 6.45) is -4.55. The van der Waals surface area contributed by atoms with Crippen LogP contribution >= 0.6 is 11.3 Å². The van der Waals surface area contributed by atoms with E-state index in [2.05, 4.69) is 16.0 Å². The van der Waals surface area contributed by atoms with Crippen LogP contribution < -0.4 is 10.9 Å². The van der Waals surface area contributed by atoms with Gasteiger partial charge in [0.2, 0.25) is 0 Å². The van der Waals surface area contributed by atoms with Crippen molar-refractivity contribution in [3.05, 3.63) is 82.1 Å². The van der Waals surface area contributed by atoms with Crippen molar-refractivity contribution in [3.63, 3.8) is 0 Å². The van der Waals surface area contributed by atoms with E-state index in [0.717, 1.165) is 21.8 Å². The van der Waals surface area contributed by atoms with Gasteiger partial charge in [0.1, 0.15) is 10.6 Å². The minimum absolute atomic E-state index is 0.247. The van der Waals surface area contributed by atoms with Gasteiger partial charge in [-0.2, -0.15) is 18.3 Å². The average molecular weight is 448 g/mol. The SMILES string of the molecule is Cc1nn(Cc2ccc(F)cc2)c2sc(C(=O)NNc3ccccc3C(F)(F)F)cc12. The number of rotatable bonds is 5. The van der Waals surface area contributed by atoms with Gasteiger partial charge < -0.3 is 0 Å². The highest BCUT2D eigenvalue weighted by atomic mass is 32.1. The van der Waals surface area contributed by atoms with Crippen LogP contribution in [0.15, 0.2) is 54.6 Å². The first-order chi connectivity index (χ1) is 14.7. The standard InChI is InChI=1S/C21H16F4N4OS/c1-12-15-10-18(19(30)27-26-17-5-3-2-4-16(17)21(23,24)25)31-20(15)29(28-12)11-13-6-8-14(22)9-7-13/h2-10,26H,11H2,1H3,(H,27,30). The highest BCUT2D eigenvalue weighted by Gasteiger charge is 2.33. The summed E-state index contributed by atoms with van der Waals surface area (Å²) in [7, 11) is 0. The normalized spacial score (nSPS) is 11.6. The Morgan fingerprint density at radius 3 is 2.55 bits per heavy atom. The lowest BCUT2D eigenvalue weighted by atomic mass is 10.2. The smallest absolute Gasteiger partial charge is 0.298 e. The van der Waals surface area contributed by atoms with Crippen molar-refractivity contribution in [2.45, 2.75) is 19.6 Å². The summed E-state index contributed by atoms with van der Waals surface area (Å²) < 4.78 is 54.1. The van der Waals surface area contributed by atoms with Gasteiger partial charge in [0.25, 0.3) is 5.91 Å². The predicted octanol–water partition coefficient (Wildman–Crippen LogP) is 5.37. The zero-order valence-corrected chi connectivity index (χ0v) is 16.9. The molecule has 0 fully saturated rings. The largest absolute Gasteiger partial charge is 0.418 e. The summed E-state index contributed by atoms with van der Waals surface area (Å²) in [5, 5.41) is 5.23. The molecule has 0 aliphatic heterocycles. The lowest BCUT2D eigenvalue weighted by Gasteiger charge is -2.14. The van der Waals surface area contributed by atoms with Crippen LogP contribution in [-0.4, -0.2) is 15.7 Å². The quantitative estimate of drug-likeness (QED) is 0.319. The fourth-order valence-corrected chi connectivity index (χ4v) is 4.18. The maximum atomic E-state index is 13.1. The number of hydrazine groups is 1. The van der Waals surface area contributed by atoms with Crippen molar-refractivity contribution in [3.8, 4) is 0 Å². The lowest BCUT2D eigenvalue weighted by Crippen LogP contribution is -2.29. The predicted molar refractivity (Wildman–Crippen MR) is 110 cm³/mol. The topological polar surface area (TPSA) is 59.0 Å². The molecule has 4 rings (SSSR count). The Balaban J connectivity index is 1.54. The molecule has 0 unspecified atom stereocenters. The number of fused-ring (bicyclic) bond motifs is 1. The van der Waals surface area contributed by atoms with E-state index in [1.54, 1.807) is 29.8 Å². The molecule has 0 atom stereocenters. The molecule has 0 radical (unpaired) electrons. The number of aromatic nitrogens is 2. The van der Waals surface area contributed by atoms with Crippen LogP contribution in [0, 0.1) is 12.7 Å². The van der Waals surface area contributed by atoms with Gasteiger partial charge in [0.05, 0.1) is 28.4 Å². The van der Waals surface area contributed by atoms with Gasteiger partial charge in [-0.3, -0.25) is 20.3 Å². The van der Waals surface area contributed by atoms with Crippen molar-refractivity contribution in [2.75, 3.05) is 5.43 Å². The van der Waals surface area contributed by atoms with E-state index in [1.165, 1.54) is 41.7 Å². The summed E-state index contributed by atoms with van der Waals surface area (Å²) >= 11 is 1.17. The van der Waals surface area contributed by atoms with Crippen molar-refractivity contribution in [1.29, 1.82) is 0 Å². The third-order valence-corrected chi connectivity index (χ3v) is 5.77. The molecule has 10 heteroatoms. The molecular weight excluding hydrogens is 432 g/mol. The molecule has 2 aromatic carbocycles. The highest BCUT2D eigenvalue weighted by molar-refractivity contribution is 7.20. The van der Waals surface area contributed by atoms with Crippen molar-refractivity contribution < 1.29 is 22.4 Å². The van der Waals surface area contributed by atoms with Crippen LogP contribution in [0.1, 0.15) is 26.5 Å². The van der Waals surface area contributed by atoms with E-state index in [1.807, 2.05) is 0 Å². The fraction of sp³-hybridized carbons (Fsp3) is 0.143. The molecule has 2 heterocycles. The molecule has 0 saturated heterocycles. The number of carbonyl (C=O) groups is 1. The minimum atomic E-state index is -4.55. The molecule has 0 aliphatic carbocycles. The number of hydrogen-bond acceptors (Lipinski definition) is 4. The van der Waals surface area contributed by atoms with E-state index in [0.29, 0.717) is 17.1 Å². The summed E-state index contributed by atoms with van der Waals surface area (Å²) in [6.45, 7) is 2.19. The number of benzene rings is 2. The molecule has 0 aliphatic rings. The highest BCUT2D eigenvalue weighted by Crippen LogP contribution is 2.34. The first-order valence-corrected chi connectivity index (χ1v) is 9.98. The Morgan fingerprint density at radius 1 is 1.13 bits per heavy atom. The summed E-state index contributed by atoms with van der Waals surface area (Å²) in [5.74, 6) is -0.897. The molecule has 2 N–H and O–H groups in total. The second kappa shape index (κ2) is 8.03. The Bertz CT molecular complexity index is 1240. The number of anilines is 1. The molecule has 0 spiro atoms. The number of halogens is 4. The molecule has 2 aromatic heterocycles. The van der Waals surface area contributed by atoms with E-state index in [-0.39, 0.29) is 11.5 Å². The second-order valence-corrected chi connectivity index (χ2v) is 7.85. The number of aryl methyl sites for hydroxylation is 1. The van der Waals surface area contributed by atoms with Crippen molar-refractivity contribution in [1.82, 2.24) is 15.2 Å². The molecule has 0 bridgehead atoms. The van der Waals surface area contributed by atoms with Crippen LogP contribution in [0.2, 0.25) is 0 Å². The zero-order valence-electron chi connectivity index (χ0n) is 16.1. The van der Waals surface area contributed by atoms with Gasteiger partial charge in [0.15, 0.2) is 0 Å². The average Bonchev–Trinajstić information content (AvgIpc) is 3.29. The second-order valence-electron chi connectivity index (χ2n) is 6.82. The van der Waals surface area contributed by atoms with E-state index in [4.69, 9.17) is 0 Å². The number of para-hydroxylation sites is 1. The molecule has 5 nitrogen and oxygen atoms in total. The number of alkyl halides is 3. The van der Waals surface area contributed by atoms with Gasteiger partial charge in [-0.15, -0.1) is 11.3 Å². The third-order valence-electron chi connectivity index (χ3n) is 4.62. The monoisotopic (exact) mass is 448 g/mol. The van der Waals surface area contributed by atoms with E-state index >= 15 is 0 Å².